The van der Waals surface area contributed by atoms with Gasteiger partial charge in [0, 0.05) is 11.2 Å². The first-order valence-electron chi connectivity index (χ1n) is 4.57. The molecule has 1 aromatic heterocycles. The Morgan fingerprint density at radius 3 is 2.82 bits per heavy atom. The largest absolute Gasteiger partial charge is 0.476 e. The van der Waals surface area contributed by atoms with Crippen molar-refractivity contribution >= 4 is 29.3 Å². The SMILES string of the molecule is C=C(Cl)CNC(=O)Nc1cccnc1C(=O)O. The standard InChI is InChI=1S/C10H10ClN3O3/c1-6(11)5-13-10(17)14-7-3-2-4-12-8(7)9(15)16/h2-4H,1,5H2,(H,15,16)(H2,13,14,17). The van der Waals surface area contributed by atoms with Crippen molar-refractivity contribution in [1.29, 1.82) is 0 Å². The number of hydrogen-bond acceptors (Lipinski definition) is 3. The van der Waals surface area contributed by atoms with Crippen LogP contribution in [0.2, 0.25) is 0 Å². The molecular weight excluding hydrogens is 246 g/mol. The average molecular weight is 256 g/mol. The normalized spacial score (nSPS) is 9.47. The average Bonchev–Trinajstić information content (AvgIpc) is 2.27. The van der Waals surface area contributed by atoms with E-state index in [0.29, 0.717) is 0 Å². The number of hydrogen-bond donors (Lipinski definition) is 3. The summed E-state index contributed by atoms with van der Waals surface area (Å²) in [4.78, 5) is 25.8. The molecule has 0 spiro atoms. The molecular formula is C10H10ClN3O3. The van der Waals surface area contributed by atoms with Crippen LogP contribution in [0, 0.1) is 0 Å². The lowest BCUT2D eigenvalue weighted by Gasteiger charge is -2.08. The Morgan fingerprint density at radius 2 is 2.24 bits per heavy atom. The molecule has 6 nitrogen and oxygen atoms in total. The van der Waals surface area contributed by atoms with Crippen LogP contribution in [-0.4, -0.2) is 28.6 Å². The first-order chi connectivity index (χ1) is 8.00. The summed E-state index contributed by atoms with van der Waals surface area (Å²) in [5.74, 6) is -1.22. The van der Waals surface area contributed by atoms with Crippen molar-refractivity contribution in [2.75, 3.05) is 11.9 Å². The molecule has 90 valence electrons. The maximum absolute atomic E-state index is 11.3. The van der Waals surface area contributed by atoms with E-state index in [-0.39, 0.29) is 23.0 Å². The smallest absolute Gasteiger partial charge is 0.356 e. The highest BCUT2D eigenvalue weighted by molar-refractivity contribution is 6.29. The minimum absolute atomic E-state index is 0.0933. The summed E-state index contributed by atoms with van der Waals surface area (Å²) in [6, 6.07) is 2.37. The van der Waals surface area contributed by atoms with Crippen molar-refractivity contribution in [2.45, 2.75) is 0 Å². The molecule has 0 aliphatic rings. The topological polar surface area (TPSA) is 91.3 Å². The molecule has 0 aliphatic carbocycles. The number of aromatic carboxylic acids is 1. The molecule has 1 rings (SSSR count). The Balaban J connectivity index is 2.71. The van der Waals surface area contributed by atoms with Crippen molar-refractivity contribution in [3.63, 3.8) is 0 Å². The number of aromatic nitrogens is 1. The van der Waals surface area contributed by atoms with Crippen molar-refractivity contribution in [3.05, 3.63) is 35.6 Å². The predicted octanol–water partition coefficient (Wildman–Crippen LogP) is 1.65. The third-order valence-corrected chi connectivity index (χ3v) is 1.83. The molecule has 0 fully saturated rings. The number of carbonyl (C=O) groups is 2. The van der Waals surface area contributed by atoms with Crippen LogP contribution in [0.4, 0.5) is 10.5 Å². The molecule has 0 saturated carbocycles. The van der Waals surface area contributed by atoms with Crippen LogP contribution in [0.25, 0.3) is 0 Å². The van der Waals surface area contributed by atoms with E-state index >= 15 is 0 Å². The molecule has 0 atom stereocenters. The lowest BCUT2D eigenvalue weighted by Crippen LogP contribution is -2.30. The second-order valence-corrected chi connectivity index (χ2v) is 3.56. The lowest BCUT2D eigenvalue weighted by molar-refractivity contribution is 0.0692. The van der Waals surface area contributed by atoms with Crippen LogP contribution < -0.4 is 10.6 Å². The number of amides is 2. The Bertz CT molecular complexity index is 462. The monoisotopic (exact) mass is 255 g/mol. The Hall–Kier alpha value is -2.08. The van der Waals surface area contributed by atoms with E-state index in [0.717, 1.165) is 0 Å². The fraction of sp³-hybridized carbons (Fsp3) is 0.100. The number of halogens is 1. The number of nitrogens with zero attached hydrogens (tertiary/aromatic N) is 1. The minimum Gasteiger partial charge on any atom is -0.476 e. The summed E-state index contributed by atoms with van der Waals surface area (Å²) in [5.41, 5.74) is -0.120. The van der Waals surface area contributed by atoms with Crippen molar-refractivity contribution in [3.8, 4) is 0 Å². The number of carbonyl (C=O) groups excluding carboxylic acids is 1. The molecule has 0 saturated heterocycles. The number of carboxylic acids is 1. The van der Waals surface area contributed by atoms with Gasteiger partial charge in [0.05, 0.1) is 12.2 Å². The number of pyridine rings is 1. The van der Waals surface area contributed by atoms with Gasteiger partial charge in [-0.25, -0.2) is 14.6 Å². The highest BCUT2D eigenvalue weighted by Crippen LogP contribution is 2.11. The van der Waals surface area contributed by atoms with Gasteiger partial charge in [0.1, 0.15) is 0 Å². The molecule has 0 unspecified atom stereocenters. The Morgan fingerprint density at radius 1 is 1.53 bits per heavy atom. The number of carboxylic acid groups (broad SMARTS) is 1. The quantitative estimate of drug-likeness (QED) is 0.763. The maximum Gasteiger partial charge on any atom is 0.356 e. The van der Waals surface area contributed by atoms with E-state index in [4.69, 9.17) is 16.7 Å². The van der Waals surface area contributed by atoms with Gasteiger partial charge in [0.25, 0.3) is 0 Å². The van der Waals surface area contributed by atoms with Gasteiger partial charge < -0.3 is 15.7 Å². The maximum atomic E-state index is 11.3. The van der Waals surface area contributed by atoms with Gasteiger partial charge in [-0.1, -0.05) is 18.2 Å². The van der Waals surface area contributed by atoms with Gasteiger partial charge in [-0.15, -0.1) is 0 Å². The zero-order valence-corrected chi connectivity index (χ0v) is 9.49. The first kappa shape index (κ1) is 13.0. The minimum atomic E-state index is -1.22. The molecule has 0 bridgehead atoms. The van der Waals surface area contributed by atoms with Crippen molar-refractivity contribution in [1.82, 2.24) is 10.3 Å². The fourth-order valence-electron chi connectivity index (χ4n) is 1.02. The molecule has 1 aromatic rings. The first-order valence-corrected chi connectivity index (χ1v) is 4.95. The van der Waals surface area contributed by atoms with Crippen LogP contribution in [0.3, 0.4) is 0 Å². The summed E-state index contributed by atoms with van der Waals surface area (Å²) in [5, 5.41) is 13.8. The molecule has 17 heavy (non-hydrogen) atoms. The van der Waals surface area contributed by atoms with Gasteiger partial charge in [0.15, 0.2) is 5.69 Å². The second kappa shape index (κ2) is 5.86. The zero-order chi connectivity index (χ0) is 12.8. The van der Waals surface area contributed by atoms with E-state index in [1.165, 1.54) is 18.3 Å². The number of nitrogens with one attached hydrogen (secondary N) is 2. The zero-order valence-electron chi connectivity index (χ0n) is 8.74. The highest BCUT2D eigenvalue weighted by Gasteiger charge is 2.12. The van der Waals surface area contributed by atoms with E-state index in [1.807, 2.05) is 0 Å². The molecule has 0 aromatic carbocycles. The molecule has 1 heterocycles. The summed E-state index contributed by atoms with van der Waals surface area (Å²) < 4.78 is 0. The summed E-state index contributed by atoms with van der Waals surface area (Å²) in [6.07, 6.45) is 1.33. The van der Waals surface area contributed by atoms with Gasteiger partial charge in [-0.2, -0.15) is 0 Å². The van der Waals surface area contributed by atoms with Gasteiger partial charge >= 0.3 is 12.0 Å². The van der Waals surface area contributed by atoms with Crippen molar-refractivity contribution < 1.29 is 14.7 Å². The third kappa shape index (κ3) is 4.12. The summed E-state index contributed by atoms with van der Waals surface area (Å²) in [6.45, 7) is 3.49. The molecule has 3 N–H and O–H groups in total. The van der Waals surface area contributed by atoms with Crippen LogP contribution in [0.15, 0.2) is 29.9 Å². The lowest BCUT2D eigenvalue weighted by atomic mass is 10.3. The van der Waals surface area contributed by atoms with Crippen LogP contribution >= 0.6 is 11.6 Å². The summed E-state index contributed by atoms with van der Waals surface area (Å²) >= 11 is 5.46. The molecule has 0 radical (unpaired) electrons. The van der Waals surface area contributed by atoms with Crippen LogP contribution in [0.1, 0.15) is 10.5 Å². The molecule has 2 amide bonds. The predicted molar refractivity (Wildman–Crippen MR) is 63.2 cm³/mol. The summed E-state index contributed by atoms with van der Waals surface area (Å²) in [7, 11) is 0. The van der Waals surface area contributed by atoms with E-state index in [9.17, 15) is 9.59 Å². The Kier molecular flexibility index (Phi) is 4.47. The number of anilines is 1. The van der Waals surface area contributed by atoms with E-state index in [2.05, 4.69) is 22.2 Å². The number of rotatable bonds is 4. The third-order valence-electron chi connectivity index (χ3n) is 1.70. The van der Waals surface area contributed by atoms with Crippen molar-refractivity contribution in [2.24, 2.45) is 0 Å². The molecule has 0 aliphatic heterocycles. The fourth-order valence-corrected chi connectivity index (χ4v) is 1.09. The molecule has 7 heteroatoms. The van der Waals surface area contributed by atoms with E-state index < -0.39 is 12.0 Å². The van der Waals surface area contributed by atoms with Crippen LogP contribution in [0.5, 0.6) is 0 Å². The number of urea groups is 1. The van der Waals surface area contributed by atoms with Gasteiger partial charge in [-0.05, 0) is 12.1 Å². The second-order valence-electron chi connectivity index (χ2n) is 3.03. The van der Waals surface area contributed by atoms with E-state index in [1.54, 1.807) is 0 Å². The van der Waals surface area contributed by atoms with Gasteiger partial charge in [0.2, 0.25) is 0 Å². The Labute approximate surface area is 102 Å². The van der Waals surface area contributed by atoms with Crippen LogP contribution in [-0.2, 0) is 0 Å². The van der Waals surface area contributed by atoms with Gasteiger partial charge in [-0.3, -0.25) is 0 Å². The highest BCUT2D eigenvalue weighted by atomic mass is 35.5.